The Labute approximate surface area is 219 Å². The highest BCUT2D eigenvalue weighted by Crippen LogP contribution is 2.38. The molecule has 1 aliphatic heterocycles. The van der Waals surface area contributed by atoms with Gasteiger partial charge in [-0.25, -0.2) is 0 Å². The molecule has 2 heterocycles. The van der Waals surface area contributed by atoms with Gasteiger partial charge in [-0.3, -0.25) is 0 Å². The molecule has 0 saturated carbocycles. The summed E-state index contributed by atoms with van der Waals surface area (Å²) >= 11 is 1.78. The lowest BCUT2D eigenvalue weighted by Gasteiger charge is -2.14. The van der Waals surface area contributed by atoms with Gasteiger partial charge in [0.2, 0.25) is 0 Å². The quantitative estimate of drug-likeness (QED) is 0.197. The SMILES string of the molecule is C=C=C1Cc2ccc(-c3ccc(C[C@@H](C#N)NC[C@@H](C)CC)s3)cc2N1C.C=CCCCC1=C[CH]1.[HH].[HH]. The highest BCUT2D eigenvalue weighted by Gasteiger charge is 2.21. The van der Waals surface area contributed by atoms with E-state index < -0.39 is 0 Å². The largest absolute Gasteiger partial charge is 0.341 e. The Balaban J connectivity index is 0.000000588. The third kappa shape index (κ3) is 7.84. The third-order valence-corrected chi connectivity index (χ3v) is 7.76. The van der Waals surface area contributed by atoms with Crippen molar-refractivity contribution in [3.05, 3.63) is 89.5 Å². The lowest BCUT2D eigenvalue weighted by molar-refractivity contribution is 0.474. The second kappa shape index (κ2) is 13.3. The van der Waals surface area contributed by atoms with Crippen molar-refractivity contribution in [2.45, 2.75) is 58.4 Å². The maximum absolute atomic E-state index is 9.45. The van der Waals surface area contributed by atoms with Crippen LogP contribution in [0.1, 0.15) is 52.8 Å². The zero-order valence-corrected chi connectivity index (χ0v) is 22.3. The molecule has 1 aromatic heterocycles. The number of hydrogen-bond donors (Lipinski definition) is 1. The predicted molar refractivity (Wildman–Crippen MR) is 156 cm³/mol. The van der Waals surface area contributed by atoms with E-state index in [-0.39, 0.29) is 8.90 Å². The number of hydrogen-bond acceptors (Lipinski definition) is 4. The monoisotopic (exact) mass is 488 g/mol. The first-order chi connectivity index (χ1) is 17.0. The normalized spacial score (nSPS) is 15.2. The number of unbranched alkanes of at least 4 members (excludes halogenated alkanes) is 1. The first-order valence-electron chi connectivity index (χ1n) is 12.6. The van der Waals surface area contributed by atoms with Crippen molar-refractivity contribution in [1.82, 2.24) is 5.32 Å². The van der Waals surface area contributed by atoms with Gasteiger partial charge in [0.1, 0.15) is 6.04 Å². The Morgan fingerprint density at radius 3 is 2.77 bits per heavy atom. The van der Waals surface area contributed by atoms with Crippen LogP contribution >= 0.6 is 11.3 Å². The van der Waals surface area contributed by atoms with Crippen LogP contribution in [0.15, 0.2) is 72.6 Å². The fourth-order valence-corrected chi connectivity index (χ4v) is 5.03. The zero-order valence-electron chi connectivity index (χ0n) is 21.4. The minimum atomic E-state index is -0.128. The molecule has 0 saturated heterocycles. The molecule has 4 heteroatoms. The average molecular weight is 489 g/mol. The number of thiophene rings is 1. The second-order valence-electron chi connectivity index (χ2n) is 9.37. The number of nitriles is 1. The fraction of sp³-hybridized carbons (Fsp3) is 0.387. The third-order valence-electron chi connectivity index (χ3n) is 6.61. The number of likely N-dealkylation sites (N-methyl/N-ethyl adjacent to an activating group) is 1. The van der Waals surface area contributed by atoms with Crippen molar-refractivity contribution < 1.29 is 2.85 Å². The molecule has 1 radical (unpaired) electrons. The van der Waals surface area contributed by atoms with E-state index in [4.69, 9.17) is 0 Å². The molecule has 0 amide bonds. The van der Waals surface area contributed by atoms with E-state index in [1.807, 2.05) is 6.08 Å². The molecular weight excluding hydrogens is 446 g/mol. The van der Waals surface area contributed by atoms with Crippen LogP contribution in [0.4, 0.5) is 5.69 Å². The molecule has 187 valence electrons. The van der Waals surface area contributed by atoms with Gasteiger partial charge >= 0.3 is 0 Å². The Bertz CT molecular complexity index is 1140. The molecule has 1 aromatic carbocycles. The molecular formula is C31H42N3S. The van der Waals surface area contributed by atoms with Crippen LogP contribution < -0.4 is 10.2 Å². The minimum absolute atomic E-state index is 0. The Kier molecular flexibility index (Phi) is 10.2. The Hall–Kier alpha value is -2.83. The van der Waals surface area contributed by atoms with Crippen LogP contribution in [0.25, 0.3) is 10.4 Å². The highest BCUT2D eigenvalue weighted by molar-refractivity contribution is 7.15. The number of benzene rings is 1. The van der Waals surface area contributed by atoms with Crippen LogP contribution in [0.2, 0.25) is 0 Å². The van der Waals surface area contributed by atoms with Crippen molar-refractivity contribution in [2.24, 2.45) is 5.92 Å². The number of nitrogens with zero attached hydrogens (tertiary/aromatic N) is 2. The summed E-state index contributed by atoms with van der Waals surface area (Å²) in [5.41, 5.74) is 9.46. The minimum Gasteiger partial charge on any atom is -0.341 e. The van der Waals surface area contributed by atoms with Gasteiger partial charge in [0.15, 0.2) is 0 Å². The summed E-state index contributed by atoms with van der Waals surface area (Å²) in [6, 6.07) is 13.2. The van der Waals surface area contributed by atoms with E-state index in [0.717, 1.165) is 37.9 Å². The average Bonchev–Trinajstić information content (AvgIpc) is 3.49. The molecule has 0 unspecified atom stereocenters. The van der Waals surface area contributed by atoms with Gasteiger partial charge in [-0.2, -0.15) is 5.26 Å². The number of allylic oxidation sites excluding steroid dienone is 4. The smallest absolute Gasteiger partial charge is 0.100 e. The molecule has 2 atom stereocenters. The lowest BCUT2D eigenvalue weighted by Crippen LogP contribution is -2.32. The summed E-state index contributed by atoms with van der Waals surface area (Å²) in [5.74, 6) is 0.595. The maximum atomic E-state index is 9.45. The van der Waals surface area contributed by atoms with Crippen molar-refractivity contribution >= 4 is 17.0 Å². The molecule has 0 fully saturated rings. The number of nitrogens with one attached hydrogen (secondary N) is 1. The van der Waals surface area contributed by atoms with Gasteiger partial charge in [-0.15, -0.1) is 23.6 Å². The van der Waals surface area contributed by atoms with Gasteiger partial charge in [-0.05, 0) is 61.1 Å². The summed E-state index contributed by atoms with van der Waals surface area (Å²) in [4.78, 5) is 4.66. The first-order valence-corrected chi connectivity index (χ1v) is 13.4. The summed E-state index contributed by atoms with van der Waals surface area (Å²) < 4.78 is 0. The van der Waals surface area contributed by atoms with Gasteiger partial charge < -0.3 is 10.2 Å². The van der Waals surface area contributed by atoms with Crippen molar-refractivity contribution in [3.63, 3.8) is 0 Å². The molecule has 35 heavy (non-hydrogen) atoms. The van der Waals surface area contributed by atoms with Gasteiger partial charge in [0, 0.05) is 44.6 Å². The molecule has 1 aliphatic carbocycles. The first kappa shape index (κ1) is 26.8. The standard InChI is InChI=1S/C23H27N3S.C8H11.2H2/c1-5-16(3)15-25-19(14-24)13-21-9-10-23(27-21)18-8-7-17-11-20(6-2)26(4)22(17)12-18;1-2-3-4-5-8-6-7-8;;/h7-10,12,16,19,25H,2,5,11,13,15H2,1,3-4H3;2,6-7H,1,3-5H2;2*1H/t16-,19-;;;/m0.../s1. The van der Waals surface area contributed by atoms with Crippen LogP contribution in [0.3, 0.4) is 0 Å². The molecule has 0 bridgehead atoms. The molecule has 1 N–H and O–H groups in total. The summed E-state index contributed by atoms with van der Waals surface area (Å²) in [7, 11) is 2.07. The van der Waals surface area contributed by atoms with E-state index in [1.165, 1.54) is 45.0 Å². The van der Waals surface area contributed by atoms with E-state index in [2.05, 4.69) is 98.9 Å². The van der Waals surface area contributed by atoms with E-state index in [9.17, 15) is 5.26 Å². The summed E-state index contributed by atoms with van der Waals surface area (Å²) in [6.07, 6.45) is 12.8. The van der Waals surface area contributed by atoms with Crippen molar-refractivity contribution in [1.29, 1.82) is 5.26 Å². The Morgan fingerprint density at radius 2 is 2.11 bits per heavy atom. The topological polar surface area (TPSA) is 39.1 Å². The van der Waals surface area contributed by atoms with E-state index >= 15 is 0 Å². The highest BCUT2D eigenvalue weighted by atomic mass is 32.1. The molecule has 3 nitrogen and oxygen atoms in total. The van der Waals surface area contributed by atoms with Crippen LogP contribution in [-0.2, 0) is 12.8 Å². The van der Waals surface area contributed by atoms with Crippen molar-refractivity contribution in [2.75, 3.05) is 18.5 Å². The van der Waals surface area contributed by atoms with E-state index in [1.54, 1.807) is 11.3 Å². The second-order valence-corrected chi connectivity index (χ2v) is 10.5. The fourth-order valence-electron chi connectivity index (χ4n) is 3.98. The molecule has 2 aliphatic rings. The van der Waals surface area contributed by atoms with Crippen LogP contribution in [0.5, 0.6) is 0 Å². The zero-order chi connectivity index (χ0) is 25.2. The molecule has 2 aromatic rings. The van der Waals surface area contributed by atoms with Crippen LogP contribution in [0, 0.1) is 23.7 Å². The van der Waals surface area contributed by atoms with E-state index in [0.29, 0.717) is 5.92 Å². The van der Waals surface area contributed by atoms with Gasteiger partial charge in [-0.1, -0.05) is 56.7 Å². The van der Waals surface area contributed by atoms with Gasteiger partial charge in [0.25, 0.3) is 0 Å². The Morgan fingerprint density at radius 1 is 1.31 bits per heavy atom. The number of anilines is 1. The predicted octanol–water partition coefficient (Wildman–Crippen LogP) is 8.13. The summed E-state index contributed by atoms with van der Waals surface area (Å²) in [6.45, 7) is 12.7. The van der Waals surface area contributed by atoms with Gasteiger partial charge in [0.05, 0.1) is 11.8 Å². The number of fused-ring (bicyclic) bond motifs is 1. The van der Waals surface area contributed by atoms with Crippen molar-refractivity contribution in [3.8, 4) is 16.5 Å². The number of rotatable bonds is 11. The molecule has 0 spiro atoms. The maximum Gasteiger partial charge on any atom is 0.100 e. The molecule has 4 rings (SSSR count). The van der Waals surface area contributed by atoms with Crippen LogP contribution in [-0.4, -0.2) is 19.6 Å². The lowest BCUT2D eigenvalue weighted by atomic mass is 10.1. The summed E-state index contributed by atoms with van der Waals surface area (Å²) in [5, 5.41) is 12.8.